The summed E-state index contributed by atoms with van der Waals surface area (Å²) >= 11 is 6.39. The summed E-state index contributed by atoms with van der Waals surface area (Å²) in [5.41, 5.74) is 3.23. The lowest BCUT2D eigenvalue weighted by Crippen LogP contribution is -2.50. The van der Waals surface area contributed by atoms with E-state index in [2.05, 4.69) is 23.6 Å². The number of hydrogen-bond acceptors (Lipinski definition) is 6. The third-order valence-corrected chi connectivity index (χ3v) is 8.86. The van der Waals surface area contributed by atoms with Gasteiger partial charge in [0.1, 0.15) is 11.4 Å². The van der Waals surface area contributed by atoms with E-state index in [0.717, 1.165) is 61.7 Å². The molecule has 6 nitrogen and oxygen atoms in total. The summed E-state index contributed by atoms with van der Waals surface area (Å²) in [7, 11) is 0. The molecule has 7 heteroatoms. The normalized spacial score (nSPS) is 24.7. The molecule has 1 saturated carbocycles. The lowest BCUT2D eigenvalue weighted by Gasteiger charge is -2.45. The number of esters is 1. The number of fused-ring (bicyclic) bond motifs is 3. The van der Waals surface area contributed by atoms with Crippen molar-refractivity contribution in [1.29, 1.82) is 0 Å². The second-order valence-corrected chi connectivity index (χ2v) is 13.1. The molecule has 0 radical (unpaired) electrons. The number of halogens is 1. The molecule has 1 fully saturated rings. The Morgan fingerprint density at radius 2 is 2.10 bits per heavy atom. The van der Waals surface area contributed by atoms with Crippen LogP contribution in [0.1, 0.15) is 67.9 Å². The maximum Gasteiger partial charge on any atom is 0.338 e. The molecule has 1 spiro atoms. The Labute approximate surface area is 243 Å². The summed E-state index contributed by atoms with van der Waals surface area (Å²) < 4.78 is 17.8. The van der Waals surface area contributed by atoms with Crippen LogP contribution in [0.25, 0.3) is 0 Å². The van der Waals surface area contributed by atoms with Gasteiger partial charge >= 0.3 is 5.97 Å². The van der Waals surface area contributed by atoms with Gasteiger partial charge in [0, 0.05) is 23.5 Å². The van der Waals surface area contributed by atoms with E-state index >= 15 is 0 Å². The second-order valence-electron chi connectivity index (χ2n) is 12.7. The highest BCUT2D eigenvalue weighted by atomic mass is 35.5. The third-order valence-electron chi connectivity index (χ3n) is 8.62. The van der Waals surface area contributed by atoms with Crippen molar-refractivity contribution in [3.8, 4) is 5.75 Å². The quantitative estimate of drug-likeness (QED) is 0.227. The minimum Gasteiger partial charge on any atom is -0.490 e. The van der Waals surface area contributed by atoms with Crippen molar-refractivity contribution in [3.63, 3.8) is 0 Å². The highest BCUT2D eigenvalue weighted by Crippen LogP contribution is 2.46. The molecule has 2 aliphatic carbocycles. The monoisotopic (exact) mass is 567 g/mol. The summed E-state index contributed by atoms with van der Waals surface area (Å²) in [6.45, 7) is 12.2. The van der Waals surface area contributed by atoms with Gasteiger partial charge in [-0.1, -0.05) is 23.7 Å². The molecule has 0 bridgehead atoms. The summed E-state index contributed by atoms with van der Waals surface area (Å²) in [6.07, 6.45) is 6.30. The number of aliphatic hydroxyl groups is 1. The lowest BCUT2D eigenvalue weighted by atomic mass is 9.68. The molecular formula is C33H42ClNO5. The average molecular weight is 568 g/mol. The molecule has 1 N–H and O–H groups in total. The lowest BCUT2D eigenvalue weighted by molar-refractivity contribution is -0.0367. The number of carbonyl (C=O) groups excluding carboxylic acids is 1. The van der Waals surface area contributed by atoms with Gasteiger partial charge in [-0.25, -0.2) is 4.79 Å². The van der Waals surface area contributed by atoms with Crippen molar-refractivity contribution < 1.29 is 24.1 Å². The van der Waals surface area contributed by atoms with Crippen molar-refractivity contribution >= 4 is 23.3 Å². The van der Waals surface area contributed by atoms with Crippen LogP contribution in [-0.2, 0) is 21.3 Å². The van der Waals surface area contributed by atoms with Crippen LogP contribution in [0.4, 0.5) is 5.69 Å². The van der Waals surface area contributed by atoms with Gasteiger partial charge in [0.15, 0.2) is 0 Å². The highest BCUT2D eigenvalue weighted by Gasteiger charge is 2.44. The number of anilines is 1. The van der Waals surface area contributed by atoms with E-state index < -0.39 is 11.7 Å². The van der Waals surface area contributed by atoms with Crippen molar-refractivity contribution in [2.24, 2.45) is 11.8 Å². The van der Waals surface area contributed by atoms with Crippen LogP contribution in [0.5, 0.6) is 5.75 Å². The van der Waals surface area contributed by atoms with Crippen LogP contribution in [0.15, 0.2) is 49.1 Å². The number of hydrogen-bond donors (Lipinski definition) is 1. The zero-order valence-electron chi connectivity index (χ0n) is 24.0. The minimum atomic E-state index is -0.583. The predicted molar refractivity (Wildman–Crippen MR) is 159 cm³/mol. The number of benzene rings is 2. The van der Waals surface area contributed by atoms with Crippen LogP contribution in [0.2, 0.25) is 5.02 Å². The Bertz CT molecular complexity index is 1240. The standard InChI is InChI=1S/C33H42ClNO5/c1-5-15-38-19-29(36)26-11-8-24(26)18-35-20-33(14-6-7-22-16-25(34)10-12-27(22)33)21-39-30-13-9-23(17-28(30)35)31(37)40-32(2,3)4/h5,9-10,12-13,16-17,24,26,29,36H,1,6-8,11,14-15,18-21H2,2-4H3/t24-,26+,29?,33-/m0/s1. The van der Waals surface area contributed by atoms with E-state index in [1.54, 1.807) is 12.1 Å². The van der Waals surface area contributed by atoms with Gasteiger partial charge in [-0.3, -0.25) is 0 Å². The molecule has 2 aromatic rings. The summed E-state index contributed by atoms with van der Waals surface area (Å²) in [4.78, 5) is 15.4. The maximum atomic E-state index is 13.0. The third kappa shape index (κ3) is 6.19. The number of nitrogens with zero attached hydrogens (tertiary/aromatic N) is 1. The van der Waals surface area contributed by atoms with Crippen LogP contribution in [-0.4, -0.2) is 55.7 Å². The fourth-order valence-corrected chi connectivity index (χ4v) is 6.78. The molecule has 4 atom stereocenters. The van der Waals surface area contributed by atoms with Crippen LogP contribution < -0.4 is 9.64 Å². The van der Waals surface area contributed by atoms with E-state index in [-0.39, 0.29) is 17.3 Å². The largest absolute Gasteiger partial charge is 0.490 e. The molecule has 216 valence electrons. The van der Waals surface area contributed by atoms with Gasteiger partial charge < -0.3 is 24.2 Å². The molecule has 5 rings (SSSR count). The summed E-state index contributed by atoms with van der Waals surface area (Å²) in [6, 6.07) is 11.9. The second kappa shape index (κ2) is 11.8. The van der Waals surface area contributed by atoms with Crippen molar-refractivity contribution in [2.75, 3.05) is 37.8 Å². The van der Waals surface area contributed by atoms with Gasteiger partial charge in [-0.15, -0.1) is 6.58 Å². The van der Waals surface area contributed by atoms with E-state index in [0.29, 0.717) is 31.3 Å². The molecule has 1 aliphatic heterocycles. The van der Waals surface area contributed by atoms with E-state index in [9.17, 15) is 9.90 Å². The van der Waals surface area contributed by atoms with E-state index in [4.69, 9.17) is 25.8 Å². The molecule has 1 unspecified atom stereocenters. The van der Waals surface area contributed by atoms with Crippen LogP contribution >= 0.6 is 11.6 Å². The summed E-state index contributed by atoms with van der Waals surface area (Å²) in [5, 5.41) is 11.7. The fraction of sp³-hybridized carbons (Fsp3) is 0.545. The topological polar surface area (TPSA) is 68.2 Å². The molecule has 2 aromatic carbocycles. The predicted octanol–water partition coefficient (Wildman–Crippen LogP) is 6.36. The molecule has 0 amide bonds. The van der Waals surface area contributed by atoms with Gasteiger partial charge in [-0.2, -0.15) is 0 Å². The van der Waals surface area contributed by atoms with Gasteiger partial charge in [0.05, 0.1) is 37.2 Å². The molecule has 40 heavy (non-hydrogen) atoms. The average Bonchev–Trinajstić information content (AvgIpc) is 3.03. The van der Waals surface area contributed by atoms with Gasteiger partial charge in [0.25, 0.3) is 0 Å². The molecular weight excluding hydrogens is 526 g/mol. The first-order chi connectivity index (χ1) is 19.1. The smallest absolute Gasteiger partial charge is 0.338 e. The SMILES string of the molecule is C=CCOCC(O)[C@@H]1CC[C@H]1CN1C[C@@]2(CCCc3cc(Cl)ccc32)COc2ccc(C(=O)OC(C)(C)C)cc21. The number of carbonyl (C=O) groups is 1. The Morgan fingerprint density at radius 1 is 1.27 bits per heavy atom. The van der Waals surface area contributed by atoms with Crippen molar-refractivity contribution in [1.82, 2.24) is 0 Å². The molecule has 1 heterocycles. The van der Waals surface area contributed by atoms with Gasteiger partial charge in [-0.05, 0) is 106 Å². The zero-order valence-corrected chi connectivity index (χ0v) is 24.7. The Morgan fingerprint density at radius 3 is 2.83 bits per heavy atom. The molecule has 0 saturated heterocycles. The highest BCUT2D eigenvalue weighted by molar-refractivity contribution is 6.30. The Hall–Kier alpha value is -2.54. The first-order valence-electron chi connectivity index (χ1n) is 14.5. The van der Waals surface area contributed by atoms with E-state index in [1.807, 2.05) is 39.0 Å². The number of rotatable bonds is 8. The first kappa shape index (κ1) is 29.0. The molecule has 3 aliphatic rings. The molecule has 0 aromatic heterocycles. The fourth-order valence-electron chi connectivity index (χ4n) is 6.58. The first-order valence-corrected chi connectivity index (χ1v) is 14.9. The van der Waals surface area contributed by atoms with Crippen LogP contribution in [0.3, 0.4) is 0 Å². The maximum absolute atomic E-state index is 13.0. The summed E-state index contributed by atoms with van der Waals surface area (Å²) in [5.74, 6) is 0.905. The Kier molecular flexibility index (Phi) is 8.51. The van der Waals surface area contributed by atoms with E-state index in [1.165, 1.54) is 11.1 Å². The number of ether oxygens (including phenoxy) is 3. The Balaban J connectivity index is 1.47. The zero-order chi connectivity index (χ0) is 28.5. The van der Waals surface area contributed by atoms with Crippen molar-refractivity contribution in [2.45, 2.75) is 70.0 Å². The minimum absolute atomic E-state index is 0.167. The number of aliphatic hydroxyl groups excluding tert-OH is 1. The van der Waals surface area contributed by atoms with Gasteiger partial charge in [0.2, 0.25) is 0 Å². The number of aryl methyl sites for hydroxylation is 1. The van der Waals surface area contributed by atoms with Crippen molar-refractivity contribution in [3.05, 3.63) is 70.8 Å². The van der Waals surface area contributed by atoms with Crippen LogP contribution in [0, 0.1) is 11.8 Å².